The maximum Gasteiger partial charge on any atom is 0.263 e. The lowest BCUT2D eigenvalue weighted by molar-refractivity contribution is -0.127. The summed E-state index contributed by atoms with van der Waals surface area (Å²) in [7, 11) is 0. The van der Waals surface area contributed by atoms with Gasteiger partial charge in [0.05, 0.1) is 12.2 Å². The monoisotopic (exact) mass is 246 g/mol. The Balaban J connectivity index is 1.92. The molecule has 0 fully saturated rings. The van der Waals surface area contributed by atoms with Crippen molar-refractivity contribution in [2.24, 2.45) is 0 Å². The summed E-state index contributed by atoms with van der Waals surface area (Å²) in [5.74, 6) is 0.639. The van der Waals surface area contributed by atoms with E-state index in [9.17, 15) is 4.79 Å². The van der Waals surface area contributed by atoms with Gasteiger partial charge in [-0.05, 0) is 26.0 Å². The molecule has 1 aliphatic rings. The third-order valence-electron chi connectivity index (χ3n) is 2.71. The first-order valence-corrected chi connectivity index (χ1v) is 6.07. The van der Waals surface area contributed by atoms with Gasteiger partial charge in [0.15, 0.2) is 6.10 Å². The molecule has 1 amide bonds. The van der Waals surface area contributed by atoms with Crippen molar-refractivity contribution in [1.82, 2.24) is 5.32 Å². The summed E-state index contributed by atoms with van der Waals surface area (Å²) in [6.45, 7) is 5.04. The van der Waals surface area contributed by atoms with Crippen molar-refractivity contribution in [2.45, 2.75) is 20.0 Å². The third-order valence-corrected chi connectivity index (χ3v) is 2.71. The Bertz CT molecular complexity index is 465. The lowest BCUT2D eigenvalue weighted by atomic mass is 10.2. The molecule has 1 heterocycles. The molecule has 4 heteroatoms. The van der Waals surface area contributed by atoms with Gasteiger partial charge in [-0.1, -0.05) is 23.8 Å². The van der Waals surface area contributed by atoms with E-state index >= 15 is 0 Å². The molecule has 1 atom stereocenters. The fourth-order valence-corrected chi connectivity index (χ4v) is 1.73. The number of amides is 1. The van der Waals surface area contributed by atoms with Crippen molar-refractivity contribution in [3.05, 3.63) is 35.9 Å². The predicted octanol–water partition coefficient (Wildman–Crippen LogP) is 1.94. The average molecular weight is 246 g/mol. The molecule has 0 saturated carbocycles. The number of rotatable bonds is 3. The SMILES string of the molecule is CC(C)=CCNC(=O)C1CNc2ccccc2O1. The molecule has 1 unspecified atom stereocenters. The highest BCUT2D eigenvalue weighted by atomic mass is 16.5. The standard InChI is InChI=1S/C14H18N2O2/c1-10(2)7-8-15-14(17)13-9-16-11-5-3-4-6-12(11)18-13/h3-7,13,16H,8-9H2,1-2H3,(H,15,17). The zero-order valence-corrected chi connectivity index (χ0v) is 10.7. The molecule has 18 heavy (non-hydrogen) atoms. The Morgan fingerprint density at radius 2 is 2.28 bits per heavy atom. The Morgan fingerprint density at radius 1 is 1.50 bits per heavy atom. The third kappa shape index (κ3) is 3.03. The first kappa shape index (κ1) is 12.5. The zero-order valence-electron chi connectivity index (χ0n) is 10.7. The van der Waals surface area contributed by atoms with Crippen LogP contribution >= 0.6 is 0 Å². The molecule has 0 aliphatic carbocycles. The highest BCUT2D eigenvalue weighted by Gasteiger charge is 2.24. The first-order valence-electron chi connectivity index (χ1n) is 6.07. The number of allylic oxidation sites excluding steroid dienone is 1. The van der Waals surface area contributed by atoms with E-state index in [0.717, 1.165) is 11.4 Å². The van der Waals surface area contributed by atoms with E-state index in [-0.39, 0.29) is 5.91 Å². The van der Waals surface area contributed by atoms with E-state index in [0.29, 0.717) is 13.1 Å². The molecule has 1 aliphatic heterocycles. The summed E-state index contributed by atoms with van der Waals surface area (Å²) < 4.78 is 5.66. The Kier molecular flexibility index (Phi) is 3.87. The highest BCUT2D eigenvalue weighted by Crippen LogP contribution is 2.27. The van der Waals surface area contributed by atoms with Crippen LogP contribution in [-0.2, 0) is 4.79 Å². The second-order valence-corrected chi connectivity index (χ2v) is 4.51. The van der Waals surface area contributed by atoms with Gasteiger partial charge in [0, 0.05) is 6.54 Å². The van der Waals surface area contributed by atoms with E-state index in [4.69, 9.17) is 4.74 Å². The minimum Gasteiger partial charge on any atom is -0.477 e. The Morgan fingerprint density at radius 3 is 3.06 bits per heavy atom. The summed E-state index contributed by atoms with van der Waals surface area (Å²) in [5, 5.41) is 6.03. The summed E-state index contributed by atoms with van der Waals surface area (Å²) >= 11 is 0. The largest absolute Gasteiger partial charge is 0.477 e. The summed E-state index contributed by atoms with van der Waals surface area (Å²) in [4.78, 5) is 11.9. The minimum atomic E-state index is -0.467. The van der Waals surface area contributed by atoms with E-state index < -0.39 is 6.10 Å². The van der Waals surface area contributed by atoms with Gasteiger partial charge in [0.1, 0.15) is 5.75 Å². The molecule has 96 valence electrons. The fourth-order valence-electron chi connectivity index (χ4n) is 1.73. The van der Waals surface area contributed by atoms with E-state index in [2.05, 4.69) is 10.6 Å². The number of hydrogen-bond donors (Lipinski definition) is 2. The normalized spacial score (nSPS) is 16.9. The van der Waals surface area contributed by atoms with Crippen molar-refractivity contribution < 1.29 is 9.53 Å². The van der Waals surface area contributed by atoms with E-state index in [1.54, 1.807) is 0 Å². The smallest absolute Gasteiger partial charge is 0.263 e. The molecule has 0 bridgehead atoms. The lowest BCUT2D eigenvalue weighted by Crippen LogP contribution is -2.44. The van der Waals surface area contributed by atoms with Crippen LogP contribution in [0.4, 0.5) is 5.69 Å². The van der Waals surface area contributed by atoms with Crippen LogP contribution in [0.3, 0.4) is 0 Å². The molecule has 0 saturated heterocycles. The minimum absolute atomic E-state index is 0.0884. The topological polar surface area (TPSA) is 50.4 Å². The molecule has 1 aromatic carbocycles. The van der Waals surface area contributed by atoms with Gasteiger partial charge in [0.2, 0.25) is 0 Å². The maximum absolute atomic E-state index is 11.9. The molecule has 0 radical (unpaired) electrons. The molecule has 1 aromatic rings. The summed E-state index contributed by atoms with van der Waals surface area (Å²) in [6.07, 6.45) is 1.51. The number of carbonyl (C=O) groups is 1. The van der Waals surface area contributed by atoms with Crippen LogP contribution in [0.25, 0.3) is 0 Å². The number of benzene rings is 1. The van der Waals surface area contributed by atoms with Gasteiger partial charge in [-0.3, -0.25) is 4.79 Å². The van der Waals surface area contributed by atoms with Crippen LogP contribution in [0.15, 0.2) is 35.9 Å². The Labute approximate surface area is 107 Å². The van der Waals surface area contributed by atoms with Crippen molar-refractivity contribution in [1.29, 1.82) is 0 Å². The second kappa shape index (κ2) is 5.58. The number of anilines is 1. The van der Waals surface area contributed by atoms with Gasteiger partial charge in [-0.2, -0.15) is 0 Å². The molecule has 0 spiro atoms. The second-order valence-electron chi connectivity index (χ2n) is 4.51. The fraction of sp³-hybridized carbons (Fsp3) is 0.357. The maximum atomic E-state index is 11.9. The number of nitrogens with one attached hydrogen (secondary N) is 2. The zero-order chi connectivity index (χ0) is 13.0. The van der Waals surface area contributed by atoms with Gasteiger partial charge < -0.3 is 15.4 Å². The lowest BCUT2D eigenvalue weighted by Gasteiger charge is -2.26. The molecular weight excluding hydrogens is 228 g/mol. The molecule has 2 rings (SSSR count). The summed E-state index contributed by atoms with van der Waals surface area (Å²) in [6, 6.07) is 7.62. The van der Waals surface area contributed by atoms with Gasteiger partial charge in [0.25, 0.3) is 5.91 Å². The number of hydrogen-bond acceptors (Lipinski definition) is 3. The van der Waals surface area contributed by atoms with Crippen LogP contribution in [-0.4, -0.2) is 25.1 Å². The number of para-hydroxylation sites is 2. The van der Waals surface area contributed by atoms with Crippen LogP contribution in [0.5, 0.6) is 5.75 Å². The van der Waals surface area contributed by atoms with Crippen LogP contribution in [0.2, 0.25) is 0 Å². The van der Waals surface area contributed by atoms with Crippen LogP contribution in [0.1, 0.15) is 13.8 Å². The van der Waals surface area contributed by atoms with Crippen LogP contribution in [0, 0.1) is 0 Å². The van der Waals surface area contributed by atoms with Crippen LogP contribution < -0.4 is 15.4 Å². The predicted molar refractivity (Wildman–Crippen MR) is 71.8 cm³/mol. The van der Waals surface area contributed by atoms with Gasteiger partial charge in [-0.25, -0.2) is 0 Å². The molecule has 2 N–H and O–H groups in total. The molecule has 0 aromatic heterocycles. The molecular formula is C14H18N2O2. The van der Waals surface area contributed by atoms with E-state index in [1.165, 1.54) is 5.57 Å². The highest BCUT2D eigenvalue weighted by molar-refractivity contribution is 5.83. The van der Waals surface area contributed by atoms with Crippen molar-refractivity contribution in [3.63, 3.8) is 0 Å². The number of fused-ring (bicyclic) bond motifs is 1. The first-order chi connectivity index (χ1) is 8.66. The van der Waals surface area contributed by atoms with Crippen molar-refractivity contribution >= 4 is 11.6 Å². The number of carbonyl (C=O) groups excluding carboxylic acids is 1. The summed E-state index contributed by atoms with van der Waals surface area (Å²) in [5.41, 5.74) is 2.12. The van der Waals surface area contributed by atoms with Crippen molar-refractivity contribution in [3.8, 4) is 5.75 Å². The quantitative estimate of drug-likeness (QED) is 0.801. The van der Waals surface area contributed by atoms with Gasteiger partial charge >= 0.3 is 0 Å². The molecule has 4 nitrogen and oxygen atoms in total. The van der Waals surface area contributed by atoms with Crippen molar-refractivity contribution in [2.75, 3.05) is 18.4 Å². The Hall–Kier alpha value is -1.97. The van der Waals surface area contributed by atoms with E-state index in [1.807, 2.05) is 44.2 Å². The average Bonchev–Trinajstić information content (AvgIpc) is 2.37. The number of ether oxygens (including phenoxy) is 1. The van der Waals surface area contributed by atoms with Gasteiger partial charge in [-0.15, -0.1) is 0 Å².